The van der Waals surface area contributed by atoms with Crippen molar-refractivity contribution in [2.45, 2.75) is 64.2 Å². The lowest BCUT2D eigenvalue weighted by Crippen LogP contribution is -2.63. The molecule has 1 saturated heterocycles. The van der Waals surface area contributed by atoms with E-state index in [1.165, 1.54) is 4.31 Å². The summed E-state index contributed by atoms with van der Waals surface area (Å²) < 4.78 is 35.6. The second kappa shape index (κ2) is 6.50. The van der Waals surface area contributed by atoms with Gasteiger partial charge >= 0.3 is 0 Å². The molecule has 1 aliphatic carbocycles. The molecule has 0 bridgehead atoms. The van der Waals surface area contributed by atoms with Crippen LogP contribution in [0.4, 0.5) is 0 Å². The fraction of sp³-hybridized carbons (Fsp3) is 1.00. The number of nitrogens with one attached hydrogen (secondary N) is 1. The molecule has 0 aromatic carbocycles. The summed E-state index contributed by atoms with van der Waals surface area (Å²) in [6, 6.07) is 0. The molecule has 1 aliphatic heterocycles. The van der Waals surface area contributed by atoms with Crippen molar-refractivity contribution in [3.8, 4) is 0 Å². The van der Waals surface area contributed by atoms with Crippen LogP contribution in [0.15, 0.2) is 0 Å². The van der Waals surface area contributed by atoms with Crippen molar-refractivity contribution in [3.63, 3.8) is 0 Å². The Balaban J connectivity index is 2.15. The molecule has 0 spiro atoms. The largest absolute Gasteiger partial charge is 0.373 e. The Morgan fingerprint density at radius 1 is 1.24 bits per heavy atom. The zero-order chi connectivity index (χ0) is 15.7. The highest BCUT2D eigenvalue weighted by atomic mass is 32.2. The highest BCUT2D eigenvalue weighted by molar-refractivity contribution is 7.87. The fourth-order valence-corrected chi connectivity index (χ4v) is 5.40. The van der Waals surface area contributed by atoms with Gasteiger partial charge in [-0.15, -0.1) is 0 Å². The molecule has 0 aromatic heterocycles. The van der Waals surface area contributed by atoms with Crippen LogP contribution >= 0.6 is 0 Å². The average Bonchev–Trinajstić information content (AvgIpc) is 2.40. The quantitative estimate of drug-likeness (QED) is 0.804. The number of nitrogens with two attached hydrogens (primary N) is 1. The highest BCUT2D eigenvalue weighted by Crippen LogP contribution is 2.34. The topological polar surface area (TPSA) is 84.7 Å². The average molecular weight is 319 g/mol. The van der Waals surface area contributed by atoms with Crippen molar-refractivity contribution in [1.82, 2.24) is 9.03 Å². The van der Waals surface area contributed by atoms with Crippen molar-refractivity contribution in [1.29, 1.82) is 0 Å². The third-order valence-electron chi connectivity index (χ3n) is 4.88. The Morgan fingerprint density at radius 2 is 1.86 bits per heavy atom. The van der Waals surface area contributed by atoms with Gasteiger partial charge in [-0.3, -0.25) is 0 Å². The first-order chi connectivity index (χ1) is 9.79. The predicted molar refractivity (Wildman–Crippen MR) is 83.1 cm³/mol. The molecule has 0 aromatic rings. The molecule has 124 valence electrons. The van der Waals surface area contributed by atoms with Crippen LogP contribution in [-0.4, -0.2) is 50.1 Å². The molecule has 4 unspecified atom stereocenters. The van der Waals surface area contributed by atoms with Crippen LogP contribution in [-0.2, 0) is 14.9 Å². The van der Waals surface area contributed by atoms with Gasteiger partial charge < -0.3 is 10.5 Å². The molecule has 21 heavy (non-hydrogen) atoms. The maximum atomic E-state index is 12.8. The van der Waals surface area contributed by atoms with Crippen LogP contribution < -0.4 is 10.5 Å². The third-order valence-corrected chi connectivity index (χ3v) is 6.52. The molecular weight excluding hydrogens is 290 g/mol. The van der Waals surface area contributed by atoms with Crippen LogP contribution in [0.3, 0.4) is 0 Å². The maximum absolute atomic E-state index is 12.8. The normalized spacial score (nSPS) is 39.3. The summed E-state index contributed by atoms with van der Waals surface area (Å²) in [5, 5.41) is 0. The van der Waals surface area contributed by atoms with Gasteiger partial charge in [-0.25, -0.2) is 0 Å². The van der Waals surface area contributed by atoms with Crippen LogP contribution in [0.2, 0.25) is 0 Å². The smallest absolute Gasteiger partial charge is 0.280 e. The van der Waals surface area contributed by atoms with E-state index >= 15 is 0 Å². The zero-order valence-corrected chi connectivity index (χ0v) is 14.2. The van der Waals surface area contributed by atoms with E-state index in [9.17, 15) is 8.42 Å². The minimum Gasteiger partial charge on any atom is -0.373 e. The molecule has 4 atom stereocenters. The first-order valence-electron chi connectivity index (χ1n) is 7.93. The van der Waals surface area contributed by atoms with E-state index < -0.39 is 15.7 Å². The van der Waals surface area contributed by atoms with Crippen LogP contribution in [0.5, 0.6) is 0 Å². The molecular formula is C14H29N3O3S. The molecule has 2 fully saturated rings. The van der Waals surface area contributed by atoms with Gasteiger partial charge in [0, 0.05) is 25.2 Å². The summed E-state index contributed by atoms with van der Waals surface area (Å²) in [5.41, 5.74) is 5.45. The second-order valence-corrected chi connectivity index (χ2v) is 8.36. The molecule has 6 nitrogen and oxygen atoms in total. The molecule has 2 rings (SSSR count). The second-order valence-electron chi connectivity index (χ2n) is 6.69. The molecule has 7 heteroatoms. The molecule has 1 heterocycles. The van der Waals surface area contributed by atoms with E-state index in [0.29, 0.717) is 19.6 Å². The van der Waals surface area contributed by atoms with Crippen LogP contribution in [0, 0.1) is 5.92 Å². The van der Waals surface area contributed by atoms with Gasteiger partial charge in [0.05, 0.1) is 12.2 Å². The van der Waals surface area contributed by atoms with E-state index in [4.69, 9.17) is 10.5 Å². The zero-order valence-electron chi connectivity index (χ0n) is 13.3. The first-order valence-corrected chi connectivity index (χ1v) is 9.37. The molecule has 3 N–H and O–H groups in total. The number of morpholine rings is 1. The minimum absolute atomic E-state index is 0.0806. The molecule has 0 amide bonds. The number of hydrogen-bond donors (Lipinski definition) is 2. The standard InChI is InChI=1S/C14H29N3O3S/c1-11-6-4-5-7-14(11,10-15)16-21(18,19)17-8-12(2)20-13(3)9-17/h11-13,16H,4-10,15H2,1-3H3. The van der Waals surface area contributed by atoms with Gasteiger partial charge in [0.1, 0.15) is 0 Å². The van der Waals surface area contributed by atoms with Crippen LogP contribution in [0.25, 0.3) is 0 Å². The van der Waals surface area contributed by atoms with Gasteiger partial charge in [0.15, 0.2) is 0 Å². The van der Waals surface area contributed by atoms with E-state index in [1.54, 1.807) is 0 Å². The number of rotatable bonds is 4. The minimum atomic E-state index is -3.53. The van der Waals surface area contributed by atoms with Gasteiger partial charge in [0.2, 0.25) is 0 Å². The fourth-order valence-electron chi connectivity index (χ4n) is 3.56. The summed E-state index contributed by atoms with van der Waals surface area (Å²) in [4.78, 5) is 0. The Labute approximate surface area is 128 Å². The Kier molecular flexibility index (Phi) is 5.31. The lowest BCUT2D eigenvalue weighted by Gasteiger charge is -2.44. The van der Waals surface area contributed by atoms with Crippen molar-refractivity contribution >= 4 is 10.2 Å². The van der Waals surface area contributed by atoms with Gasteiger partial charge in [-0.1, -0.05) is 19.8 Å². The molecule has 2 aliphatic rings. The van der Waals surface area contributed by atoms with Gasteiger partial charge in [0.25, 0.3) is 10.2 Å². The highest BCUT2D eigenvalue weighted by Gasteiger charge is 2.42. The molecule has 1 saturated carbocycles. The van der Waals surface area contributed by atoms with E-state index in [-0.39, 0.29) is 18.1 Å². The summed E-state index contributed by atoms with van der Waals surface area (Å²) in [6.45, 7) is 7.05. The van der Waals surface area contributed by atoms with Crippen LogP contribution in [0.1, 0.15) is 46.5 Å². The van der Waals surface area contributed by atoms with Gasteiger partial charge in [-0.05, 0) is 32.6 Å². The lowest BCUT2D eigenvalue weighted by molar-refractivity contribution is -0.0448. The Morgan fingerprint density at radius 3 is 2.38 bits per heavy atom. The van der Waals surface area contributed by atoms with Crippen molar-refractivity contribution in [2.75, 3.05) is 19.6 Å². The van der Waals surface area contributed by atoms with E-state index in [1.807, 2.05) is 13.8 Å². The summed E-state index contributed by atoms with van der Waals surface area (Å²) in [6.07, 6.45) is 3.86. The monoisotopic (exact) mass is 319 g/mol. The third kappa shape index (κ3) is 3.76. The Bertz CT molecular complexity index is 446. The molecule has 0 radical (unpaired) electrons. The number of nitrogens with zero attached hydrogens (tertiary/aromatic N) is 1. The maximum Gasteiger partial charge on any atom is 0.280 e. The van der Waals surface area contributed by atoms with Crippen molar-refractivity contribution < 1.29 is 13.2 Å². The summed E-state index contributed by atoms with van der Waals surface area (Å²) >= 11 is 0. The van der Waals surface area contributed by atoms with Crippen molar-refractivity contribution in [2.24, 2.45) is 11.7 Å². The van der Waals surface area contributed by atoms with E-state index in [0.717, 1.165) is 25.7 Å². The predicted octanol–water partition coefficient (Wildman–Crippen LogP) is 0.838. The van der Waals surface area contributed by atoms with E-state index in [2.05, 4.69) is 11.6 Å². The number of ether oxygens (including phenoxy) is 1. The van der Waals surface area contributed by atoms with Crippen molar-refractivity contribution in [3.05, 3.63) is 0 Å². The Hall–Kier alpha value is -0.210. The van der Waals surface area contributed by atoms with Gasteiger partial charge in [-0.2, -0.15) is 17.4 Å². The summed E-state index contributed by atoms with van der Waals surface area (Å²) in [7, 11) is -3.53. The number of hydrogen-bond acceptors (Lipinski definition) is 4. The first kappa shape index (κ1) is 17.1. The summed E-state index contributed by atoms with van der Waals surface area (Å²) in [5.74, 6) is 0.266. The lowest BCUT2D eigenvalue weighted by atomic mass is 9.74. The SMILES string of the molecule is CC1CN(S(=O)(=O)NC2(CN)CCCCC2C)CC(C)O1.